The predicted octanol–water partition coefficient (Wildman–Crippen LogP) is 1.75. The minimum absolute atomic E-state index is 0.414. The Morgan fingerprint density at radius 3 is 3.05 bits per heavy atom. The summed E-state index contributed by atoms with van der Waals surface area (Å²) in [6.07, 6.45) is 6.57. The highest BCUT2D eigenvalue weighted by atomic mass is 15.4. The second kappa shape index (κ2) is 5.17. The summed E-state index contributed by atoms with van der Waals surface area (Å²) < 4.78 is 1.93. The third-order valence-electron chi connectivity index (χ3n) is 3.95. The first-order valence-corrected chi connectivity index (χ1v) is 7.06. The predicted molar refractivity (Wildman–Crippen MR) is 76.4 cm³/mol. The first kappa shape index (κ1) is 12.4. The molecular weight excluding hydrogens is 238 g/mol. The lowest BCUT2D eigenvalue weighted by Gasteiger charge is -2.31. The molecule has 0 radical (unpaired) electrons. The minimum atomic E-state index is 0.414. The molecule has 1 aliphatic heterocycles. The molecule has 3 rings (SSSR count). The van der Waals surface area contributed by atoms with E-state index in [4.69, 9.17) is 5.73 Å². The van der Waals surface area contributed by atoms with Crippen LogP contribution in [-0.4, -0.2) is 33.7 Å². The van der Waals surface area contributed by atoms with Crippen LogP contribution in [-0.2, 0) is 0 Å². The topological polar surface area (TPSA) is 59.5 Å². The Kier molecular flexibility index (Phi) is 3.38. The average Bonchev–Trinajstić information content (AvgIpc) is 2.74. The summed E-state index contributed by atoms with van der Waals surface area (Å²) in [6.45, 7) is 3.86. The molecule has 2 aromatic rings. The number of aromatic nitrogens is 3. The van der Waals surface area contributed by atoms with E-state index in [-0.39, 0.29) is 0 Å². The van der Waals surface area contributed by atoms with Crippen LogP contribution in [0.2, 0.25) is 0 Å². The molecular formula is C14H21N5. The van der Waals surface area contributed by atoms with E-state index in [1.165, 1.54) is 31.2 Å². The molecule has 2 aromatic heterocycles. The second-order valence-corrected chi connectivity index (χ2v) is 5.35. The summed E-state index contributed by atoms with van der Waals surface area (Å²) in [5, 5.41) is 4.36. The first-order chi connectivity index (χ1) is 9.29. The molecule has 5 heteroatoms. The van der Waals surface area contributed by atoms with Crippen molar-refractivity contribution in [2.75, 3.05) is 18.0 Å². The Balaban J connectivity index is 2.07. The van der Waals surface area contributed by atoms with Crippen molar-refractivity contribution in [3.05, 3.63) is 24.0 Å². The minimum Gasteiger partial charge on any atom is -0.352 e. The van der Waals surface area contributed by atoms with Crippen LogP contribution in [0.1, 0.15) is 31.2 Å². The number of pyridine rings is 1. The molecule has 2 N–H and O–H groups in total. The molecule has 5 nitrogen and oxygen atoms in total. The third kappa shape index (κ3) is 2.30. The molecule has 0 saturated carbocycles. The van der Waals surface area contributed by atoms with Crippen LogP contribution in [0.4, 0.5) is 5.82 Å². The van der Waals surface area contributed by atoms with Crippen molar-refractivity contribution in [3.63, 3.8) is 0 Å². The maximum atomic E-state index is 5.97. The van der Waals surface area contributed by atoms with Crippen LogP contribution in [0, 0.1) is 6.92 Å². The normalized spacial score (nSPS) is 20.7. The van der Waals surface area contributed by atoms with E-state index < -0.39 is 0 Å². The van der Waals surface area contributed by atoms with Gasteiger partial charge in [0.25, 0.3) is 0 Å². The molecule has 19 heavy (non-hydrogen) atoms. The quantitative estimate of drug-likeness (QED) is 0.892. The molecule has 1 atom stereocenters. The van der Waals surface area contributed by atoms with Crippen LogP contribution in [0.25, 0.3) is 5.65 Å². The fraction of sp³-hybridized carbons (Fsp3) is 0.571. The fourth-order valence-corrected chi connectivity index (χ4v) is 2.96. The van der Waals surface area contributed by atoms with Crippen molar-refractivity contribution in [1.29, 1.82) is 0 Å². The van der Waals surface area contributed by atoms with Crippen molar-refractivity contribution in [2.24, 2.45) is 5.73 Å². The van der Waals surface area contributed by atoms with Crippen LogP contribution >= 0.6 is 0 Å². The summed E-state index contributed by atoms with van der Waals surface area (Å²) in [6, 6.07) is 4.67. The van der Waals surface area contributed by atoms with E-state index >= 15 is 0 Å². The van der Waals surface area contributed by atoms with Crippen molar-refractivity contribution < 1.29 is 0 Å². The summed E-state index contributed by atoms with van der Waals surface area (Å²) in [7, 11) is 0. The zero-order chi connectivity index (χ0) is 13.2. The van der Waals surface area contributed by atoms with Crippen molar-refractivity contribution in [3.8, 4) is 0 Å². The van der Waals surface area contributed by atoms with Crippen LogP contribution < -0.4 is 10.6 Å². The Labute approximate surface area is 113 Å². The molecule has 102 valence electrons. The maximum Gasteiger partial charge on any atom is 0.157 e. The number of rotatable bonds is 2. The van der Waals surface area contributed by atoms with Gasteiger partial charge in [-0.05, 0) is 37.5 Å². The molecule has 1 unspecified atom stereocenters. The summed E-state index contributed by atoms with van der Waals surface area (Å²) in [5.41, 5.74) is 8.10. The standard InChI is InChI=1S/C14H21N5/c1-11-7-13-16-10-17-19(13)14(8-11)18-6-4-2-3-5-12(18)9-15/h7-8,10,12H,2-6,9,15H2,1H3. The number of nitrogens with zero attached hydrogens (tertiary/aromatic N) is 4. The number of hydrogen-bond donors (Lipinski definition) is 1. The Bertz CT molecular complexity index is 562. The summed E-state index contributed by atoms with van der Waals surface area (Å²) in [5.74, 6) is 1.13. The highest BCUT2D eigenvalue weighted by Crippen LogP contribution is 2.25. The molecule has 0 aromatic carbocycles. The smallest absolute Gasteiger partial charge is 0.157 e. The largest absolute Gasteiger partial charge is 0.352 e. The van der Waals surface area contributed by atoms with Gasteiger partial charge in [-0.15, -0.1) is 0 Å². The van der Waals surface area contributed by atoms with Gasteiger partial charge in [-0.25, -0.2) is 4.98 Å². The molecule has 3 heterocycles. The van der Waals surface area contributed by atoms with E-state index in [9.17, 15) is 0 Å². The average molecular weight is 259 g/mol. The van der Waals surface area contributed by atoms with Gasteiger partial charge in [0, 0.05) is 19.1 Å². The Morgan fingerprint density at radius 1 is 1.32 bits per heavy atom. The summed E-state index contributed by atoms with van der Waals surface area (Å²) >= 11 is 0. The van der Waals surface area contributed by atoms with E-state index in [1.807, 2.05) is 4.52 Å². The van der Waals surface area contributed by atoms with Crippen LogP contribution in [0.15, 0.2) is 18.5 Å². The van der Waals surface area contributed by atoms with Gasteiger partial charge >= 0.3 is 0 Å². The molecule has 0 amide bonds. The van der Waals surface area contributed by atoms with Gasteiger partial charge in [-0.1, -0.05) is 12.8 Å². The molecule has 0 aliphatic carbocycles. The van der Waals surface area contributed by atoms with Gasteiger partial charge in [0.2, 0.25) is 0 Å². The van der Waals surface area contributed by atoms with E-state index in [0.29, 0.717) is 12.6 Å². The first-order valence-electron chi connectivity index (χ1n) is 7.06. The van der Waals surface area contributed by atoms with E-state index in [1.54, 1.807) is 6.33 Å². The van der Waals surface area contributed by atoms with Gasteiger partial charge in [0.05, 0.1) is 0 Å². The van der Waals surface area contributed by atoms with Gasteiger partial charge in [-0.3, -0.25) is 0 Å². The zero-order valence-electron chi connectivity index (χ0n) is 11.4. The molecule has 0 spiro atoms. The lowest BCUT2D eigenvalue weighted by Crippen LogP contribution is -2.41. The van der Waals surface area contributed by atoms with Gasteiger partial charge in [-0.2, -0.15) is 9.61 Å². The monoisotopic (exact) mass is 259 g/mol. The van der Waals surface area contributed by atoms with Crippen molar-refractivity contribution in [1.82, 2.24) is 14.6 Å². The Morgan fingerprint density at radius 2 is 2.21 bits per heavy atom. The van der Waals surface area contributed by atoms with Gasteiger partial charge in [0.1, 0.15) is 12.1 Å². The summed E-state index contributed by atoms with van der Waals surface area (Å²) in [4.78, 5) is 6.72. The highest BCUT2D eigenvalue weighted by molar-refractivity contribution is 5.53. The molecule has 1 fully saturated rings. The number of hydrogen-bond acceptors (Lipinski definition) is 4. The van der Waals surface area contributed by atoms with Crippen molar-refractivity contribution >= 4 is 11.5 Å². The van der Waals surface area contributed by atoms with Crippen LogP contribution in [0.5, 0.6) is 0 Å². The fourth-order valence-electron chi connectivity index (χ4n) is 2.96. The molecule has 0 bridgehead atoms. The second-order valence-electron chi connectivity index (χ2n) is 5.35. The lowest BCUT2D eigenvalue weighted by atomic mass is 10.1. The third-order valence-corrected chi connectivity index (χ3v) is 3.95. The lowest BCUT2D eigenvalue weighted by molar-refractivity contribution is 0.571. The van der Waals surface area contributed by atoms with Crippen LogP contribution in [0.3, 0.4) is 0 Å². The van der Waals surface area contributed by atoms with E-state index in [2.05, 4.69) is 34.0 Å². The number of aryl methyl sites for hydroxylation is 1. The number of fused-ring (bicyclic) bond motifs is 1. The van der Waals surface area contributed by atoms with Gasteiger partial charge < -0.3 is 10.6 Å². The Hall–Kier alpha value is -1.62. The molecule has 1 saturated heterocycles. The highest BCUT2D eigenvalue weighted by Gasteiger charge is 2.22. The SMILES string of the molecule is Cc1cc(N2CCCCCC2CN)n2ncnc2c1. The van der Waals surface area contributed by atoms with E-state index in [0.717, 1.165) is 18.0 Å². The number of anilines is 1. The zero-order valence-corrected chi connectivity index (χ0v) is 11.4. The number of nitrogens with two attached hydrogens (primary N) is 1. The van der Waals surface area contributed by atoms with Crippen molar-refractivity contribution in [2.45, 2.75) is 38.6 Å². The maximum absolute atomic E-state index is 5.97. The molecule has 1 aliphatic rings. The van der Waals surface area contributed by atoms with Gasteiger partial charge in [0.15, 0.2) is 5.65 Å².